The molecular formula is C14H17F3IN3O. The Bertz CT molecular complexity index is 533. The lowest BCUT2D eigenvalue weighted by Gasteiger charge is -2.12. The molecule has 1 aromatic rings. The molecule has 1 aromatic carbocycles. The van der Waals surface area contributed by atoms with Gasteiger partial charge in [-0.25, -0.2) is 9.38 Å². The van der Waals surface area contributed by atoms with E-state index >= 15 is 0 Å². The van der Waals surface area contributed by atoms with Gasteiger partial charge in [0.15, 0.2) is 5.96 Å². The maximum Gasteiger partial charge on any atom is 0.387 e. The molecule has 0 aromatic heterocycles. The lowest BCUT2D eigenvalue weighted by atomic mass is 10.2. The Kier molecular flexibility index (Phi) is 10.2. The van der Waals surface area contributed by atoms with Crippen LogP contribution >= 0.6 is 24.0 Å². The molecule has 0 unspecified atom stereocenters. The van der Waals surface area contributed by atoms with Gasteiger partial charge in [0, 0.05) is 6.54 Å². The van der Waals surface area contributed by atoms with Crippen LogP contribution in [0.1, 0.15) is 12.5 Å². The van der Waals surface area contributed by atoms with E-state index in [0.29, 0.717) is 12.5 Å². The molecule has 2 N–H and O–H groups in total. The first-order chi connectivity index (χ1) is 10.1. The zero-order chi connectivity index (χ0) is 15.7. The van der Waals surface area contributed by atoms with Crippen molar-refractivity contribution in [3.8, 4) is 18.1 Å². The van der Waals surface area contributed by atoms with E-state index < -0.39 is 12.4 Å². The van der Waals surface area contributed by atoms with Crippen molar-refractivity contribution < 1.29 is 17.9 Å². The number of guanidine groups is 1. The van der Waals surface area contributed by atoms with Crippen molar-refractivity contribution >= 4 is 29.9 Å². The van der Waals surface area contributed by atoms with E-state index in [-0.39, 0.29) is 48.4 Å². The number of terminal acetylenes is 1. The van der Waals surface area contributed by atoms with Crippen molar-refractivity contribution in [3.63, 3.8) is 0 Å². The number of rotatable bonds is 6. The van der Waals surface area contributed by atoms with E-state index in [2.05, 4.69) is 26.3 Å². The quantitative estimate of drug-likeness (QED) is 0.318. The third-order valence-electron chi connectivity index (χ3n) is 2.39. The largest absolute Gasteiger partial charge is 0.434 e. The summed E-state index contributed by atoms with van der Waals surface area (Å²) >= 11 is 0. The highest BCUT2D eigenvalue weighted by Gasteiger charge is 2.13. The molecule has 0 radical (unpaired) electrons. The fourth-order valence-corrected chi connectivity index (χ4v) is 1.53. The Morgan fingerprint density at radius 3 is 2.73 bits per heavy atom. The Labute approximate surface area is 144 Å². The third-order valence-corrected chi connectivity index (χ3v) is 2.39. The number of hydrogen-bond acceptors (Lipinski definition) is 2. The van der Waals surface area contributed by atoms with Gasteiger partial charge >= 0.3 is 6.61 Å². The van der Waals surface area contributed by atoms with Gasteiger partial charge in [0.25, 0.3) is 0 Å². The van der Waals surface area contributed by atoms with Gasteiger partial charge in [-0.2, -0.15) is 8.78 Å². The number of halogens is 4. The molecule has 0 spiro atoms. The van der Waals surface area contributed by atoms with Crippen molar-refractivity contribution in [3.05, 3.63) is 29.6 Å². The molecule has 0 saturated carbocycles. The second-order valence-electron chi connectivity index (χ2n) is 3.85. The maximum absolute atomic E-state index is 13.7. The summed E-state index contributed by atoms with van der Waals surface area (Å²) in [5.41, 5.74) is -0.0456. The Morgan fingerprint density at radius 2 is 2.14 bits per heavy atom. The summed E-state index contributed by atoms with van der Waals surface area (Å²) < 4.78 is 42.6. The predicted octanol–water partition coefficient (Wildman–Crippen LogP) is 2.73. The Morgan fingerprint density at radius 1 is 1.41 bits per heavy atom. The van der Waals surface area contributed by atoms with Crippen LogP contribution in [-0.4, -0.2) is 25.7 Å². The monoisotopic (exact) mass is 427 g/mol. The standard InChI is InChI=1S/C14H16F3N3O.HI/c1-3-8-19-14(18-4-2)20-9-10-11(15)6-5-7-12(10)21-13(16)17;/h1,5-7,13H,4,8-9H2,2H3,(H2,18,19,20);1H. The molecule has 0 aliphatic carbocycles. The number of aliphatic imine (C=N–C) groups is 1. The number of nitrogens with one attached hydrogen (secondary N) is 2. The molecule has 0 amide bonds. The van der Waals surface area contributed by atoms with Gasteiger partial charge in [-0.3, -0.25) is 0 Å². The highest BCUT2D eigenvalue weighted by molar-refractivity contribution is 14.0. The van der Waals surface area contributed by atoms with E-state index in [9.17, 15) is 13.2 Å². The molecular weight excluding hydrogens is 410 g/mol. The molecule has 22 heavy (non-hydrogen) atoms. The van der Waals surface area contributed by atoms with Crippen LogP contribution in [0.25, 0.3) is 0 Å². The van der Waals surface area contributed by atoms with E-state index in [1.54, 1.807) is 0 Å². The van der Waals surface area contributed by atoms with Crippen molar-refractivity contribution in [2.45, 2.75) is 20.1 Å². The van der Waals surface area contributed by atoms with Crippen LogP contribution in [0.4, 0.5) is 13.2 Å². The number of alkyl halides is 2. The van der Waals surface area contributed by atoms with Crippen LogP contribution in [0.15, 0.2) is 23.2 Å². The zero-order valence-electron chi connectivity index (χ0n) is 11.9. The van der Waals surface area contributed by atoms with Gasteiger partial charge in [0.2, 0.25) is 0 Å². The fraction of sp³-hybridized carbons (Fsp3) is 0.357. The van der Waals surface area contributed by atoms with Crippen LogP contribution in [0, 0.1) is 18.2 Å². The van der Waals surface area contributed by atoms with Crippen LogP contribution in [0.2, 0.25) is 0 Å². The van der Waals surface area contributed by atoms with Crippen molar-refractivity contribution in [1.82, 2.24) is 10.6 Å². The van der Waals surface area contributed by atoms with Gasteiger partial charge in [0.1, 0.15) is 11.6 Å². The van der Waals surface area contributed by atoms with Crippen LogP contribution in [0.3, 0.4) is 0 Å². The lowest BCUT2D eigenvalue weighted by molar-refractivity contribution is -0.0506. The van der Waals surface area contributed by atoms with E-state index in [4.69, 9.17) is 6.42 Å². The number of hydrogen-bond donors (Lipinski definition) is 2. The molecule has 0 atom stereocenters. The van der Waals surface area contributed by atoms with Gasteiger partial charge < -0.3 is 15.4 Å². The molecule has 8 heteroatoms. The summed E-state index contributed by atoms with van der Waals surface area (Å²) in [4.78, 5) is 4.08. The molecule has 0 aliphatic rings. The van der Waals surface area contributed by atoms with Crippen LogP contribution in [0.5, 0.6) is 5.75 Å². The molecule has 0 bridgehead atoms. The molecule has 4 nitrogen and oxygen atoms in total. The van der Waals surface area contributed by atoms with Crippen molar-refractivity contribution in [2.24, 2.45) is 4.99 Å². The topological polar surface area (TPSA) is 45.7 Å². The molecule has 0 fully saturated rings. The Hall–Kier alpha value is -1.63. The minimum Gasteiger partial charge on any atom is -0.434 e. The molecule has 122 valence electrons. The molecule has 1 rings (SSSR count). The van der Waals surface area contributed by atoms with E-state index in [1.165, 1.54) is 12.1 Å². The summed E-state index contributed by atoms with van der Waals surface area (Å²) in [6, 6.07) is 3.72. The van der Waals surface area contributed by atoms with Crippen LogP contribution in [-0.2, 0) is 6.54 Å². The number of ether oxygens (including phenoxy) is 1. The van der Waals surface area contributed by atoms with Crippen LogP contribution < -0.4 is 15.4 Å². The third kappa shape index (κ3) is 6.89. The highest BCUT2D eigenvalue weighted by Crippen LogP contribution is 2.24. The minimum atomic E-state index is -3.03. The first-order valence-electron chi connectivity index (χ1n) is 6.26. The summed E-state index contributed by atoms with van der Waals surface area (Å²) in [6.45, 7) is -0.518. The summed E-state index contributed by atoms with van der Waals surface area (Å²) in [7, 11) is 0. The maximum atomic E-state index is 13.7. The minimum absolute atomic E-state index is 0. The number of nitrogens with zero attached hydrogens (tertiary/aromatic N) is 1. The Balaban J connectivity index is 0.00000441. The van der Waals surface area contributed by atoms with Gasteiger partial charge in [-0.1, -0.05) is 12.0 Å². The fourth-order valence-electron chi connectivity index (χ4n) is 1.53. The lowest BCUT2D eigenvalue weighted by Crippen LogP contribution is -2.37. The van der Waals surface area contributed by atoms with E-state index in [0.717, 1.165) is 6.07 Å². The predicted molar refractivity (Wildman–Crippen MR) is 90.1 cm³/mol. The molecule has 0 saturated heterocycles. The second kappa shape index (κ2) is 11.0. The summed E-state index contributed by atoms with van der Waals surface area (Å²) in [6.07, 6.45) is 5.12. The van der Waals surface area contributed by atoms with Gasteiger partial charge in [-0.15, -0.1) is 30.4 Å². The highest BCUT2D eigenvalue weighted by atomic mass is 127. The molecule has 0 aliphatic heterocycles. The number of benzene rings is 1. The average Bonchev–Trinajstić information content (AvgIpc) is 2.43. The first kappa shape index (κ1) is 20.4. The SMILES string of the molecule is C#CCNC(=NCc1c(F)cccc1OC(F)F)NCC.I. The summed E-state index contributed by atoms with van der Waals surface area (Å²) in [5.74, 6) is 1.84. The smallest absolute Gasteiger partial charge is 0.387 e. The van der Waals surface area contributed by atoms with E-state index in [1.807, 2.05) is 6.92 Å². The van der Waals surface area contributed by atoms with Gasteiger partial charge in [-0.05, 0) is 19.1 Å². The first-order valence-corrected chi connectivity index (χ1v) is 6.26. The second-order valence-corrected chi connectivity index (χ2v) is 3.85. The van der Waals surface area contributed by atoms with Gasteiger partial charge in [0.05, 0.1) is 18.7 Å². The summed E-state index contributed by atoms with van der Waals surface area (Å²) in [5, 5.41) is 5.71. The average molecular weight is 427 g/mol. The molecule has 0 heterocycles. The van der Waals surface area contributed by atoms with Crippen molar-refractivity contribution in [2.75, 3.05) is 13.1 Å². The van der Waals surface area contributed by atoms with Crippen molar-refractivity contribution in [1.29, 1.82) is 0 Å². The zero-order valence-corrected chi connectivity index (χ0v) is 14.2. The normalized spacial score (nSPS) is 10.6.